The Labute approximate surface area is 47.0 Å². The highest BCUT2D eigenvalue weighted by Gasteiger charge is 1.44. The van der Waals surface area contributed by atoms with Gasteiger partial charge < -0.3 is 46.0 Å². The van der Waals surface area contributed by atoms with Crippen LogP contribution in [-0.2, 0) is 0 Å². The molecule has 0 saturated heterocycles. The van der Waals surface area contributed by atoms with Crippen LogP contribution in [0.3, 0.4) is 0 Å². The summed E-state index contributed by atoms with van der Waals surface area (Å²) in [7, 11) is 0. The van der Waals surface area contributed by atoms with Gasteiger partial charge in [-0.1, -0.05) is 0 Å². The minimum Gasteiger partial charge on any atom is -0.984 e. The fraction of sp³-hybridized carbons (Fsp3) is 0. The topological polar surface area (TPSA) is 46.1 Å². The summed E-state index contributed by atoms with van der Waals surface area (Å²) < 4.78 is 0. The summed E-state index contributed by atoms with van der Waals surface area (Å²) in [5, 5.41) is 20.4. The summed E-state index contributed by atoms with van der Waals surface area (Å²) >= 11 is 0. The molecule has 0 N–H and O–H groups in total. The van der Waals surface area contributed by atoms with E-state index >= 15 is 0 Å². The minimum absolute atomic E-state index is 0.232. The lowest BCUT2D eigenvalue weighted by Gasteiger charge is -2.29. The molecule has 1 aromatic rings. The van der Waals surface area contributed by atoms with Gasteiger partial charge in [0.2, 0.25) is 0 Å². The van der Waals surface area contributed by atoms with Crippen LogP contribution < -0.4 is 10.2 Å². The zero-order valence-corrected chi connectivity index (χ0v) is 3.97. The Kier molecular flexibility index (Phi) is 1.08. The van der Waals surface area contributed by atoms with E-state index in [1.807, 2.05) is 0 Å². The Morgan fingerprint density at radius 1 is 1.12 bits per heavy atom. The summed E-state index contributed by atoms with van der Waals surface area (Å²) in [4.78, 5) is 0. The first-order valence-electron chi connectivity index (χ1n) is 2.06. The molecule has 0 aliphatic carbocycles. The lowest BCUT2D eigenvalue weighted by atomic mass is 10.3. The van der Waals surface area contributed by atoms with Crippen LogP contribution in [0.5, 0.6) is 11.5 Å². The molecule has 8 heavy (non-hydrogen) atoms. The maximum absolute atomic E-state index is 10.2. The highest BCUT2D eigenvalue weighted by atomic mass is 16.3. The monoisotopic (exact) mass is 106 g/mol. The molecule has 0 atom stereocenters. The van der Waals surface area contributed by atoms with Gasteiger partial charge in [0.15, 0.2) is 0 Å². The van der Waals surface area contributed by atoms with E-state index in [1.165, 1.54) is 0 Å². The molecule has 0 radical (unpaired) electrons. The normalized spacial score (nSPS) is 9.00. The molecule has 0 spiro atoms. The van der Waals surface area contributed by atoms with Gasteiger partial charge in [-0.15, -0.1) is 0 Å². The second-order valence-electron chi connectivity index (χ2n) is 1.31. The van der Waals surface area contributed by atoms with E-state index in [9.17, 15) is 10.2 Å². The van der Waals surface area contributed by atoms with Crippen molar-refractivity contribution in [1.82, 2.24) is 0 Å². The smallest absolute Gasteiger partial charge is 0.312 e. The fourth-order valence-corrected chi connectivity index (χ4v) is 0.357. The van der Waals surface area contributed by atoms with Gasteiger partial charge >= 0.3 is 0 Å². The Morgan fingerprint density at radius 3 is 2.00 bits per heavy atom. The molecule has 2 heteroatoms. The van der Waals surface area contributed by atoms with Crippen LogP contribution in [0.25, 0.3) is 0 Å². The molecule has 0 amide bonds. The highest BCUT2D eigenvalue weighted by molar-refractivity contribution is 5.24. The average molecular weight is 106 g/mol. The Morgan fingerprint density at radius 2 is 1.62 bits per heavy atom. The summed E-state index contributed by atoms with van der Waals surface area (Å²) in [5.74, 6) is -0.603. The molecule has 0 unspecified atom stereocenters. The minimum atomic E-state index is -0.371. The molecule has 0 aromatic heterocycles. The molecule has 0 saturated carbocycles. The molecule has 0 aliphatic heterocycles. The van der Waals surface area contributed by atoms with Crippen molar-refractivity contribution < 1.29 is 10.2 Å². The van der Waals surface area contributed by atoms with Crippen molar-refractivity contribution in [2.75, 3.05) is 0 Å². The maximum Gasteiger partial charge on any atom is -0.312 e. The van der Waals surface area contributed by atoms with Gasteiger partial charge in [0.05, 0.1) is 0 Å². The van der Waals surface area contributed by atoms with Gasteiger partial charge in [0, 0.05) is 0 Å². The SMILES string of the molecule is [O-]c1[c-]cc([O-])c[c-]1. The molecule has 0 bridgehead atoms. The summed E-state index contributed by atoms with van der Waals surface area (Å²) in [6.07, 6.45) is 0. The van der Waals surface area contributed by atoms with E-state index < -0.39 is 0 Å². The molecule has 1 aromatic carbocycles. The van der Waals surface area contributed by atoms with Crippen LogP contribution in [0.1, 0.15) is 0 Å². The quantitative estimate of drug-likeness (QED) is 0.416. The third kappa shape index (κ3) is 0.904. The number of hydrogen-bond donors (Lipinski definition) is 0. The molecule has 0 fully saturated rings. The summed E-state index contributed by atoms with van der Waals surface area (Å²) in [5.41, 5.74) is 0. The lowest BCUT2D eigenvalue weighted by molar-refractivity contribution is -0.275. The second-order valence-corrected chi connectivity index (χ2v) is 1.31. The zero-order chi connectivity index (χ0) is 5.98. The van der Waals surface area contributed by atoms with Gasteiger partial charge in [0.25, 0.3) is 0 Å². The standard InChI is InChI=1S/C6H4O2/c7-5-1-2-6(8)4-3-5/h1,3,7-8H/q-2/p-2. The maximum atomic E-state index is 10.2. The van der Waals surface area contributed by atoms with E-state index in [0.717, 1.165) is 12.1 Å². The third-order valence-corrected chi connectivity index (χ3v) is 0.691. The van der Waals surface area contributed by atoms with Crippen molar-refractivity contribution in [2.24, 2.45) is 0 Å². The highest BCUT2D eigenvalue weighted by Crippen LogP contribution is 2.05. The van der Waals surface area contributed by atoms with E-state index in [-0.39, 0.29) is 11.5 Å². The Hall–Kier alpha value is -1.18. The first-order chi connectivity index (χ1) is 3.79. The lowest BCUT2D eigenvalue weighted by Crippen LogP contribution is -1.92. The van der Waals surface area contributed by atoms with Gasteiger partial charge in [-0.3, -0.25) is 0 Å². The molecule has 42 valence electrons. The predicted octanol–water partition coefficient (Wildman–Crippen LogP) is -0.566. The average Bonchev–Trinajstić information content (AvgIpc) is 1.77. The van der Waals surface area contributed by atoms with Crippen molar-refractivity contribution in [3.8, 4) is 11.5 Å². The van der Waals surface area contributed by atoms with Gasteiger partial charge in [0.1, 0.15) is 0 Å². The first-order valence-corrected chi connectivity index (χ1v) is 2.06. The number of rotatable bonds is 0. The van der Waals surface area contributed by atoms with Crippen LogP contribution >= 0.6 is 0 Å². The Bertz CT molecular complexity index is 145. The third-order valence-electron chi connectivity index (χ3n) is 0.691. The van der Waals surface area contributed by atoms with E-state index in [1.54, 1.807) is 0 Å². The summed E-state index contributed by atoms with van der Waals surface area (Å²) in [6.45, 7) is 0. The van der Waals surface area contributed by atoms with Crippen LogP contribution in [0.15, 0.2) is 12.1 Å². The molecule has 0 aliphatic rings. The number of hydrogen-bond acceptors (Lipinski definition) is 2. The van der Waals surface area contributed by atoms with Gasteiger partial charge in [-0.2, -0.15) is 0 Å². The Balaban J connectivity index is 3.03. The molecule has 1 rings (SSSR count). The van der Waals surface area contributed by atoms with Gasteiger partial charge in [-0.05, 0) is 0 Å². The van der Waals surface area contributed by atoms with Crippen LogP contribution in [0.4, 0.5) is 0 Å². The van der Waals surface area contributed by atoms with Crippen molar-refractivity contribution in [3.63, 3.8) is 0 Å². The van der Waals surface area contributed by atoms with Crippen LogP contribution in [0.2, 0.25) is 0 Å². The van der Waals surface area contributed by atoms with Crippen molar-refractivity contribution >= 4 is 0 Å². The van der Waals surface area contributed by atoms with Crippen molar-refractivity contribution in [2.45, 2.75) is 0 Å². The largest absolute Gasteiger partial charge is 0.984 e. The van der Waals surface area contributed by atoms with Crippen molar-refractivity contribution in [1.29, 1.82) is 0 Å². The molecule has 2 nitrogen and oxygen atoms in total. The molecular weight excluding hydrogens is 104 g/mol. The van der Waals surface area contributed by atoms with Gasteiger partial charge in [-0.25, -0.2) is 0 Å². The second kappa shape index (κ2) is 1.74. The van der Waals surface area contributed by atoms with Crippen LogP contribution in [0, 0.1) is 12.1 Å². The van der Waals surface area contributed by atoms with E-state index in [0.29, 0.717) is 0 Å². The zero-order valence-electron chi connectivity index (χ0n) is 3.97. The predicted molar refractivity (Wildman–Crippen MR) is 23.0 cm³/mol. The molecular formula is C6H2O2-4. The summed E-state index contributed by atoms with van der Waals surface area (Å²) in [6, 6.07) is 6.54. The molecule has 0 heterocycles. The van der Waals surface area contributed by atoms with E-state index in [4.69, 9.17) is 0 Å². The van der Waals surface area contributed by atoms with Crippen molar-refractivity contribution in [3.05, 3.63) is 24.3 Å². The van der Waals surface area contributed by atoms with Crippen LogP contribution in [-0.4, -0.2) is 0 Å². The first kappa shape index (κ1) is 4.97. The van der Waals surface area contributed by atoms with E-state index in [2.05, 4.69) is 12.1 Å². The number of benzene rings is 1. The fourth-order valence-electron chi connectivity index (χ4n) is 0.357.